The second-order valence-electron chi connectivity index (χ2n) is 4.63. The van der Waals surface area contributed by atoms with E-state index in [4.69, 9.17) is 4.42 Å². The van der Waals surface area contributed by atoms with Crippen molar-refractivity contribution in [3.05, 3.63) is 62.4 Å². The summed E-state index contributed by atoms with van der Waals surface area (Å²) >= 11 is 0. The predicted octanol–water partition coefficient (Wildman–Crippen LogP) is 0.122. The zero-order chi connectivity index (χ0) is 16.4. The Morgan fingerprint density at radius 3 is 2.87 bits per heavy atom. The number of aromatic nitrogens is 4. The first-order valence-corrected chi connectivity index (χ1v) is 6.51. The molecule has 10 heteroatoms. The summed E-state index contributed by atoms with van der Waals surface area (Å²) in [6.07, 6.45) is 2.47. The molecule has 3 aromatic heterocycles. The number of hydrogen-bond acceptors (Lipinski definition) is 7. The molecular weight excluding hydrogens is 306 g/mol. The lowest BCUT2D eigenvalue weighted by molar-refractivity contribution is 0.102. The van der Waals surface area contributed by atoms with Crippen LogP contribution in [0.5, 0.6) is 0 Å². The van der Waals surface area contributed by atoms with Crippen molar-refractivity contribution < 1.29 is 13.8 Å². The van der Waals surface area contributed by atoms with E-state index in [2.05, 4.69) is 25.2 Å². The average molecular weight is 317 g/mol. The number of rotatable bonds is 4. The molecule has 0 saturated heterocycles. The van der Waals surface area contributed by atoms with Crippen LogP contribution in [-0.4, -0.2) is 25.8 Å². The highest BCUT2D eigenvalue weighted by Gasteiger charge is 2.18. The molecule has 1 amide bonds. The number of H-pyrrole nitrogens is 1. The maximum Gasteiger partial charge on any atom is 0.328 e. The summed E-state index contributed by atoms with van der Waals surface area (Å²) in [6, 6.07) is 3.24. The SMILES string of the molecule is Cc1nonc1NC(=O)c1c[nH]c(=O)n(Cc2ccco2)c1=O. The number of nitrogens with one attached hydrogen (secondary N) is 2. The van der Waals surface area contributed by atoms with Crippen LogP contribution in [0.15, 0.2) is 43.2 Å². The summed E-state index contributed by atoms with van der Waals surface area (Å²) in [5, 5.41) is 9.40. The quantitative estimate of drug-likeness (QED) is 0.697. The fourth-order valence-electron chi connectivity index (χ4n) is 1.90. The van der Waals surface area contributed by atoms with Gasteiger partial charge in [-0.05, 0) is 24.2 Å². The summed E-state index contributed by atoms with van der Waals surface area (Å²) in [5.74, 6) is -0.233. The molecule has 3 heterocycles. The summed E-state index contributed by atoms with van der Waals surface area (Å²) in [4.78, 5) is 38.7. The van der Waals surface area contributed by atoms with E-state index >= 15 is 0 Å². The third-order valence-electron chi connectivity index (χ3n) is 3.08. The summed E-state index contributed by atoms with van der Waals surface area (Å²) < 4.78 is 10.4. The molecule has 0 aliphatic heterocycles. The molecule has 0 spiro atoms. The van der Waals surface area contributed by atoms with Crippen molar-refractivity contribution in [3.63, 3.8) is 0 Å². The summed E-state index contributed by atoms with van der Waals surface area (Å²) in [5.41, 5.74) is -1.30. The number of furan rings is 1. The van der Waals surface area contributed by atoms with Crippen LogP contribution >= 0.6 is 0 Å². The molecule has 23 heavy (non-hydrogen) atoms. The van der Waals surface area contributed by atoms with Gasteiger partial charge in [-0.15, -0.1) is 0 Å². The molecule has 3 aromatic rings. The Hall–Kier alpha value is -3.43. The maximum absolute atomic E-state index is 12.4. The lowest BCUT2D eigenvalue weighted by atomic mass is 10.3. The Bertz CT molecular complexity index is 950. The number of anilines is 1. The first-order chi connectivity index (χ1) is 11.1. The minimum atomic E-state index is -0.753. The minimum absolute atomic E-state index is 0.0904. The second kappa shape index (κ2) is 5.75. The van der Waals surface area contributed by atoms with Gasteiger partial charge in [-0.1, -0.05) is 5.16 Å². The monoisotopic (exact) mass is 317 g/mol. The van der Waals surface area contributed by atoms with Gasteiger partial charge < -0.3 is 14.7 Å². The van der Waals surface area contributed by atoms with E-state index in [1.165, 1.54) is 6.26 Å². The number of carbonyl (C=O) groups is 1. The molecular formula is C13H11N5O5. The van der Waals surface area contributed by atoms with Gasteiger partial charge in [0, 0.05) is 6.20 Å². The number of aryl methyl sites for hydroxylation is 1. The molecule has 0 unspecified atom stereocenters. The van der Waals surface area contributed by atoms with Gasteiger partial charge in [-0.2, -0.15) is 0 Å². The van der Waals surface area contributed by atoms with Crippen molar-refractivity contribution in [2.45, 2.75) is 13.5 Å². The molecule has 3 rings (SSSR count). The molecule has 10 nitrogen and oxygen atoms in total. The fraction of sp³-hybridized carbons (Fsp3) is 0.154. The number of carbonyl (C=O) groups excluding carboxylic acids is 1. The lowest BCUT2D eigenvalue weighted by Crippen LogP contribution is -2.39. The highest BCUT2D eigenvalue weighted by Crippen LogP contribution is 2.08. The van der Waals surface area contributed by atoms with Crippen LogP contribution in [-0.2, 0) is 6.54 Å². The minimum Gasteiger partial charge on any atom is -0.467 e. The number of hydrogen-bond donors (Lipinski definition) is 2. The number of nitrogens with zero attached hydrogens (tertiary/aromatic N) is 3. The van der Waals surface area contributed by atoms with Crippen molar-refractivity contribution in [2.75, 3.05) is 5.32 Å². The van der Waals surface area contributed by atoms with Crippen LogP contribution in [0.25, 0.3) is 0 Å². The third kappa shape index (κ3) is 2.81. The largest absolute Gasteiger partial charge is 0.467 e. The predicted molar refractivity (Wildman–Crippen MR) is 76.1 cm³/mol. The Morgan fingerprint density at radius 1 is 1.39 bits per heavy atom. The number of amides is 1. The van der Waals surface area contributed by atoms with E-state index in [9.17, 15) is 14.4 Å². The van der Waals surface area contributed by atoms with E-state index in [1.54, 1.807) is 19.1 Å². The molecule has 0 aromatic carbocycles. The van der Waals surface area contributed by atoms with Crippen LogP contribution in [0, 0.1) is 6.92 Å². The Kier molecular flexibility index (Phi) is 3.63. The van der Waals surface area contributed by atoms with Gasteiger partial charge in [0.2, 0.25) is 5.82 Å². The maximum atomic E-state index is 12.4. The fourth-order valence-corrected chi connectivity index (χ4v) is 1.90. The van der Waals surface area contributed by atoms with Crippen molar-refractivity contribution in [3.8, 4) is 0 Å². The van der Waals surface area contributed by atoms with Crippen LogP contribution in [0.2, 0.25) is 0 Å². The zero-order valence-corrected chi connectivity index (χ0v) is 11.9. The second-order valence-corrected chi connectivity index (χ2v) is 4.63. The molecule has 0 radical (unpaired) electrons. The molecule has 0 saturated carbocycles. The van der Waals surface area contributed by atoms with E-state index in [-0.39, 0.29) is 17.9 Å². The van der Waals surface area contributed by atoms with Crippen LogP contribution in [0.1, 0.15) is 21.8 Å². The third-order valence-corrected chi connectivity index (χ3v) is 3.08. The summed E-state index contributed by atoms with van der Waals surface area (Å²) in [7, 11) is 0. The molecule has 0 aliphatic rings. The van der Waals surface area contributed by atoms with Gasteiger partial charge in [0.25, 0.3) is 11.5 Å². The first-order valence-electron chi connectivity index (χ1n) is 6.51. The Morgan fingerprint density at radius 2 is 2.22 bits per heavy atom. The standard InChI is InChI=1S/C13H11N5O5/c1-7-10(17-23-16-7)15-11(19)9-5-14-13(21)18(12(9)20)6-8-3-2-4-22-8/h2-5H,6H2,1H3,(H,14,21)(H,15,17,19). The van der Waals surface area contributed by atoms with E-state index in [0.717, 1.165) is 10.8 Å². The normalized spacial score (nSPS) is 10.7. The first kappa shape index (κ1) is 14.5. The van der Waals surface area contributed by atoms with Crippen LogP contribution in [0.4, 0.5) is 5.82 Å². The Labute approximate surface area is 127 Å². The summed E-state index contributed by atoms with van der Waals surface area (Å²) in [6.45, 7) is 1.49. The van der Waals surface area contributed by atoms with Crippen molar-refractivity contribution in [1.82, 2.24) is 19.9 Å². The van der Waals surface area contributed by atoms with Gasteiger partial charge in [-0.25, -0.2) is 9.42 Å². The molecule has 2 N–H and O–H groups in total. The van der Waals surface area contributed by atoms with Gasteiger partial charge in [0.15, 0.2) is 0 Å². The van der Waals surface area contributed by atoms with E-state index in [0.29, 0.717) is 11.5 Å². The molecule has 118 valence electrons. The highest BCUT2D eigenvalue weighted by molar-refractivity contribution is 6.03. The van der Waals surface area contributed by atoms with Crippen LogP contribution in [0.3, 0.4) is 0 Å². The topological polar surface area (TPSA) is 136 Å². The average Bonchev–Trinajstić information content (AvgIpc) is 3.16. The van der Waals surface area contributed by atoms with Gasteiger partial charge >= 0.3 is 5.69 Å². The smallest absolute Gasteiger partial charge is 0.328 e. The molecule has 0 bridgehead atoms. The van der Waals surface area contributed by atoms with Crippen molar-refractivity contribution in [1.29, 1.82) is 0 Å². The Balaban J connectivity index is 1.94. The molecule has 0 atom stereocenters. The van der Waals surface area contributed by atoms with Crippen LogP contribution < -0.4 is 16.6 Å². The number of aromatic amines is 1. The van der Waals surface area contributed by atoms with Gasteiger partial charge in [0.1, 0.15) is 17.0 Å². The molecule has 0 fully saturated rings. The molecule has 0 aliphatic carbocycles. The lowest BCUT2D eigenvalue weighted by Gasteiger charge is -2.05. The van der Waals surface area contributed by atoms with E-state index < -0.39 is 17.2 Å². The zero-order valence-electron chi connectivity index (χ0n) is 11.9. The van der Waals surface area contributed by atoms with Crippen molar-refractivity contribution in [2.24, 2.45) is 0 Å². The van der Waals surface area contributed by atoms with Gasteiger partial charge in [-0.3, -0.25) is 14.2 Å². The van der Waals surface area contributed by atoms with Gasteiger partial charge in [0.05, 0.1) is 12.8 Å². The highest BCUT2D eigenvalue weighted by atomic mass is 16.6. The van der Waals surface area contributed by atoms with E-state index in [1.807, 2.05) is 0 Å². The van der Waals surface area contributed by atoms with Crippen molar-refractivity contribution >= 4 is 11.7 Å².